The van der Waals surface area contributed by atoms with Crippen LogP contribution in [-0.2, 0) is 0 Å². The summed E-state index contributed by atoms with van der Waals surface area (Å²) in [6.07, 6.45) is 2.00. The monoisotopic (exact) mass is 335 g/mol. The van der Waals surface area contributed by atoms with Crippen LogP contribution in [0.2, 0.25) is 19.6 Å². The minimum Gasteiger partial charge on any atom is -0.256 e. The van der Waals surface area contributed by atoms with Gasteiger partial charge in [0.1, 0.15) is 5.82 Å². The maximum Gasteiger partial charge on any atom is 0.131 e. The van der Waals surface area contributed by atoms with Gasteiger partial charge in [-0.1, -0.05) is 50.0 Å². The van der Waals surface area contributed by atoms with Crippen LogP contribution in [0.3, 0.4) is 0 Å². The lowest BCUT2D eigenvalue weighted by Gasteiger charge is -2.19. The van der Waals surface area contributed by atoms with Crippen molar-refractivity contribution < 1.29 is 4.39 Å². The maximum absolute atomic E-state index is 14.3. The number of nitrogens with zero attached hydrogens (tertiary/aromatic N) is 1. The van der Waals surface area contributed by atoms with Gasteiger partial charge in [-0.3, -0.25) is 4.98 Å². The first-order valence-electron chi connectivity index (χ1n) is 8.19. The van der Waals surface area contributed by atoms with Gasteiger partial charge in [-0.2, -0.15) is 0 Å². The third kappa shape index (κ3) is 3.31. The van der Waals surface area contributed by atoms with Crippen molar-refractivity contribution in [3.8, 4) is 22.4 Å². The standard InChI is InChI=1S/C21H22FNSi/c1-15-12-20(23-14-21(15)24(2,3)4)17-10-11-19(22)18(13-17)16-8-6-5-7-9-16/h5-14H,1-4H3. The molecule has 1 nitrogen and oxygen atoms in total. The number of pyridine rings is 1. The molecule has 0 aliphatic heterocycles. The van der Waals surface area contributed by atoms with Crippen molar-refractivity contribution in [2.45, 2.75) is 26.6 Å². The third-order valence-corrected chi connectivity index (χ3v) is 6.41. The van der Waals surface area contributed by atoms with Gasteiger partial charge in [-0.25, -0.2) is 4.39 Å². The van der Waals surface area contributed by atoms with Gasteiger partial charge >= 0.3 is 0 Å². The van der Waals surface area contributed by atoms with E-state index >= 15 is 0 Å². The molecule has 3 rings (SSSR count). The molecule has 3 heteroatoms. The Labute approximate surface area is 144 Å². The van der Waals surface area contributed by atoms with E-state index < -0.39 is 8.07 Å². The van der Waals surface area contributed by atoms with E-state index in [9.17, 15) is 4.39 Å². The summed E-state index contributed by atoms with van der Waals surface area (Å²) in [4.78, 5) is 4.65. The first kappa shape index (κ1) is 16.6. The van der Waals surface area contributed by atoms with Crippen LogP contribution >= 0.6 is 0 Å². The molecule has 0 saturated carbocycles. The van der Waals surface area contributed by atoms with E-state index in [-0.39, 0.29) is 5.82 Å². The topological polar surface area (TPSA) is 12.9 Å². The molecule has 0 unspecified atom stereocenters. The van der Waals surface area contributed by atoms with Crippen LogP contribution in [0.15, 0.2) is 60.8 Å². The van der Waals surface area contributed by atoms with Gasteiger partial charge in [0, 0.05) is 17.3 Å². The highest BCUT2D eigenvalue weighted by atomic mass is 28.3. The fraction of sp³-hybridized carbons (Fsp3) is 0.190. The average molecular weight is 335 g/mol. The smallest absolute Gasteiger partial charge is 0.131 e. The van der Waals surface area contributed by atoms with Crippen molar-refractivity contribution in [2.24, 2.45) is 0 Å². The Hall–Kier alpha value is -2.26. The van der Waals surface area contributed by atoms with E-state index in [0.717, 1.165) is 16.8 Å². The third-order valence-electron chi connectivity index (χ3n) is 4.27. The highest BCUT2D eigenvalue weighted by Gasteiger charge is 2.19. The predicted molar refractivity (Wildman–Crippen MR) is 103 cm³/mol. The zero-order chi connectivity index (χ0) is 17.3. The highest BCUT2D eigenvalue weighted by Crippen LogP contribution is 2.28. The summed E-state index contributed by atoms with van der Waals surface area (Å²) in [5.74, 6) is -0.208. The number of hydrogen-bond donors (Lipinski definition) is 0. The lowest BCUT2D eigenvalue weighted by atomic mass is 10.0. The normalized spacial score (nSPS) is 11.5. The Morgan fingerprint density at radius 3 is 2.21 bits per heavy atom. The molecule has 24 heavy (non-hydrogen) atoms. The van der Waals surface area contributed by atoms with E-state index in [1.165, 1.54) is 16.8 Å². The molecule has 0 saturated heterocycles. The number of hydrogen-bond acceptors (Lipinski definition) is 1. The van der Waals surface area contributed by atoms with Crippen LogP contribution in [-0.4, -0.2) is 13.1 Å². The van der Waals surface area contributed by atoms with Gasteiger partial charge in [0.2, 0.25) is 0 Å². The summed E-state index contributed by atoms with van der Waals surface area (Å²) in [5, 5.41) is 1.37. The first-order chi connectivity index (χ1) is 11.4. The summed E-state index contributed by atoms with van der Waals surface area (Å²) in [5.41, 5.74) is 4.60. The van der Waals surface area contributed by atoms with E-state index in [4.69, 9.17) is 0 Å². The summed E-state index contributed by atoms with van der Waals surface area (Å²) in [6.45, 7) is 9.10. The first-order valence-corrected chi connectivity index (χ1v) is 11.7. The predicted octanol–water partition coefficient (Wildman–Crippen LogP) is 5.41. The van der Waals surface area contributed by atoms with Crippen LogP contribution in [0.5, 0.6) is 0 Å². The fourth-order valence-corrected chi connectivity index (χ4v) is 4.73. The van der Waals surface area contributed by atoms with E-state index in [0.29, 0.717) is 5.56 Å². The molecule has 0 radical (unpaired) electrons. The van der Waals surface area contributed by atoms with Crippen LogP contribution in [0.1, 0.15) is 5.56 Å². The number of aryl methyl sites for hydroxylation is 1. The van der Waals surface area contributed by atoms with Crippen molar-refractivity contribution >= 4 is 13.3 Å². The van der Waals surface area contributed by atoms with Gasteiger partial charge in [-0.15, -0.1) is 0 Å². The van der Waals surface area contributed by atoms with Crippen molar-refractivity contribution in [1.29, 1.82) is 0 Å². The van der Waals surface area contributed by atoms with Crippen LogP contribution in [0, 0.1) is 12.7 Å². The van der Waals surface area contributed by atoms with Gasteiger partial charge in [-0.05, 0) is 47.5 Å². The largest absolute Gasteiger partial charge is 0.256 e. The zero-order valence-corrected chi connectivity index (χ0v) is 15.6. The number of aromatic nitrogens is 1. The lowest BCUT2D eigenvalue weighted by molar-refractivity contribution is 0.631. The fourth-order valence-electron chi connectivity index (χ4n) is 3.02. The van der Waals surface area contributed by atoms with Gasteiger partial charge < -0.3 is 0 Å². The second kappa shape index (κ2) is 6.33. The summed E-state index contributed by atoms with van der Waals surface area (Å²) < 4.78 is 14.3. The molecule has 1 heterocycles. The molecule has 0 bridgehead atoms. The molecule has 0 amide bonds. The van der Waals surface area contributed by atoms with Crippen LogP contribution in [0.25, 0.3) is 22.4 Å². The van der Waals surface area contributed by atoms with E-state index in [1.54, 1.807) is 6.07 Å². The van der Waals surface area contributed by atoms with Crippen molar-refractivity contribution in [3.05, 3.63) is 72.2 Å². The number of benzene rings is 2. The SMILES string of the molecule is Cc1cc(-c2ccc(F)c(-c3ccccc3)c2)ncc1[Si](C)(C)C. The zero-order valence-electron chi connectivity index (χ0n) is 14.6. The van der Waals surface area contributed by atoms with E-state index in [1.807, 2.05) is 42.6 Å². The van der Waals surface area contributed by atoms with Gasteiger partial charge in [0.15, 0.2) is 0 Å². The minimum absolute atomic E-state index is 0.208. The number of halogens is 1. The van der Waals surface area contributed by atoms with E-state index in [2.05, 4.69) is 37.6 Å². The molecule has 0 N–H and O–H groups in total. The molecular formula is C21H22FNSi. The van der Waals surface area contributed by atoms with Crippen LogP contribution < -0.4 is 5.19 Å². The molecule has 0 fully saturated rings. The second-order valence-corrected chi connectivity index (χ2v) is 12.2. The van der Waals surface area contributed by atoms with Crippen LogP contribution in [0.4, 0.5) is 4.39 Å². The quantitative estimate of drug-likeness (QED) is 0.583. The molecule has 0 spiro atoms. The maximum atomic E-state index is 14.3. The summed E-state index contributed by atoms with van der Waals surface area (Å²) >= 11 is 0. The molecule has 122 valence electrons. The summed E-state index contributed by atoms with van der Waals surface area (Å²) in [7, 11) is -1.40. The lowest BCUT2D eigenvalue weighted by Crippen LogP contribution is -2.39. The Morgan fingerprint density at radius 2 is 1.58 bits per heavy atom. The average Bonchev–Trinajstić information content (AvgIpc) is 2.55. The van der Waals surface area contributed by atoms with Crippen molar-refractivity contribution in [3.63, 3.8) is 0 Å². The van der Waals surface area contributed by atoms with Gasteiger partial charge in [0.25, 0.3) is 0 Å². The second-order valence-electron chi connectivity index (χ2n) is 7.20. The summed E-state index contributed by atoms with van der Waals surface area (Å²) in [6, 6.07) is 17.0. The Kier molecular flexibility index (Phi) is 4.37. The molecule has 3 aromatic rings. The van der Waals surface area contributed by atoms with Crippen molar-refractivity contribution in [1.82, 2.24) is 4.98 Å². The Balaban J connectivity index is 2.07. The molecular weight excluding hydrogens is 313 g/mol. The molecule has 0 aliphatic rings. The molecule has 0 atom stereocenters. The van der Waals surface area contributed by atoms with Crippen molar-refractivity contribution in [2.75, 3.05) is 0 Å². The number of rotatable bonds is 3. The van der Waals surface area contributed by atoms with Gasteiger partial charge in [0.05, 0.1) is 13.8 Å². The highest BCUT2D eigenvalue weighted by molar-refractivity contribution is 6.89. The molecule has 0 aliphatic carbocycles. The Bertz CT molecular complexity index is 867. The molecule has 2 aromatic carbocycles. The Morgan fingerprint density at radius 1 is 0.875 bits per heavy atom. The minimum atomic E-state index is -1.40. The molecule has 1 aromatic heterocycles.